The van der Waals surface area contributed by atoms with Crippen LogP contribution in [0.4, 0.5) is 0 Å². The van der Waals surface area contributed by atoms with Gasteiger partial charge in [0.15, 0.2) is 0 Å². The minimum atomic E-state index is 0.157. The first-order chi connectivity index (χ1) is 8.58. The van der Waals surface area contributed by atoms with Crippen LogP contribution < -0.4 is 11.1 Å². The van der Waals surface area contributed by atoms with E-state index in [1.807, 2.05) is 0 Å². The molecule has 0 aromatic carbocycles. The van der Waals surface area contributed by atoms with Crippen LogP contribution in [0.15, 0.2) is 0 Å². The van der Waals surface area contributed by atoms with Gasteiger partial charge in [0.05, 0.1) is 6.61 Å². The number of ether oxygens (including phenoxy) is 1. The van der Waals surface area contributed by atoms with Gasteiger partial charge in [-0.25, -0.2) is 0 Å². The largest absolute Gasteiger partial charge is 0.381 e. The van der Waals surface area contributed by atoms with Gasteiger partial charge < -0.3 is 15.8 Å². The van der Waals surface area contributed by atoms with Gasteiger partial charge in [-0.3, -0.25) is 4.79 Å². The molecule has 0 bridgehead atoms. The summed E-state index contributed by atoms with van der Waals surface area (Å²) >= 11 is 0. The Morgan fingerprint density at radius 3 is 2.78 bits per heavy atom. The highest BCUT2D eigenvalue weighted by atomic mass is 16.5. The quantitative estimate of drug-likeness (QED) is 0.797. The summed E-state index contributed by atoms with van der Waals surface area (Å²) in [4.78, 5) is 12.2. The summed E-state index contributed by atoms with van der Waals surface area (Å²) in [5, 5.41) is 3.17. The zero-order valence-electron chi connectivity index (χ0n) is 11.5. The average Bonchev–Trinajstić information content (AvgIpc) is 2.86. The summed E-state index contributed by atoms with van der Waals surface area (Å²) in [7, 11) is 0. The van der Waals surface area contributed by atoms with Crippen molar-refractivity contribution in [1.82, 2.24) is 5.32 Å². The minimum absolute atomic E-state index is 0.157. The number of hydrogen-bond acceptors (Lipinski definition) is 3. The van der Waals surface area contributed by atoms with Gasteiger partial charge in [0.1, 0.15) is 0 Å². The third-order valence-corrected chi connectivity index (χ3v) is 4.65. The molecule has 1 heterocycles. The first-order valence-electron chi connectivity index (χ1n) is 7.21. The van der Waals surface area contributed by atoms with Gasteiger partial charge in [-0.2, -0.15) is 0 Å². The highest BCUT2D eigenvalue weighted by molar-refractivity contribution is 5.79. The van der Waals surface area contributed by atoms with Crippen molar-refractivity contribution in [3.05, 3.63) is 0 Å². The number of rotatable bonds is 3. The van der Waals surface area contributed by atoms with E-state index in [0.717, 1.165) is 38.9 Å². The van der Waals surface area contributed by atoms with Crippen molar-refractivity contribution in [3.8, 4) is 0 Å². The normalized spacial score (nSPS) is 38.4. The lowest BCUT2D eigenvalue weighted by Crippen LogP contribution is -2.45. The third-order valence-electron chi connectivity index (χ3n) is 4.65. The van der Waals surface area contributed by atoms with Crippen molar-refractivity contribution in [2.45, 2.75) is 51.6 Å². The van der Waals surface area contributed by atoms with Gasteiger partial charge >= 0.3 is 0 Å². The van der Waals surface area contributed by atoms with Crippen molar-refractivity contribution in [1.29, 1.82) is 0 Å². The summed E-state index contributed by atoms with van der Waals surface area (Å²) < 4.78 is 5.37. The standard InChI is InChI=1S/C14H26N2O2/c1-9-7-11(3-4-13(9)15)14(17)16-10(2)12-5-6-18-8-12/h9-13H,3-8,15H2,1-2H3,(H,16,17). The highest BCUT2D eigenvalue weighted by Crippen LogP contribution is 2.28. The zero-order valence-corrected chi connectivity index (χ0v) is 11.5. The SMILES string of the molecule is CC1CC(C(=O)NC(C)C2CCOC2)CCC1N. The van der Waals surface area contributed by atoms with Gasteiger partial charge in [0, 0.05) is 30.5 Å². The molecule has 1 aliphatic heterocycles. The molecule has 18 heavy (non-hydrogen) atoms. The molecular weight excluding hydrogens is 228 g/mol. The lowest BCUT2D eigenvalue weighted by Gasteiger charge is -2.32. The molecule has 104 valence electrons. The molecule has 2 rings (SSSR count). The Morgan fingerprint density at radius 1 is 1.39 bits per heavy atom. The van der Waals surface area contributed by atoms with Crippen molar-refractivity contribution in [2.75, 3.05) is 13.2 Å². The van der Waals surface area contributed by atoms with E-state index in [1.165, 1.54) is 0 Å². The predicted octanol–water partition coefficient (Wildman–Crippen LogP) is 1.29. The van der Waals surface area contributed by atoms with E-state index in [2.05, 4.69) is 19.2 Å². The molecule has 1 amide bonds. The number of carbonyl (C=O) groups is 1. The second-order valence-electron chi connectivity index (χ2n) is 6.07. The Morgan fingerprint density at radius 2 is 2.17 bits per heavy atom. The van der Waals surface area contributed by atoms with Gasteiger partial charge in [-0.15, -0.1) is 0 Å². The van der Waals surface area contributed by atoms with Gasteiger partial charge in [0.2, 0.25) is 5.91 Å². The van der Waals surface area contributed by atoms with Gasteiger partial charge in [-0.1, -0.05) is 6.92 Å². The van der Waals surface area contributed by atoms with Crippen LogP contribution in [0, 0.1) is 17.8 Å². The summed E-state index contributed by atoms with van der Waals surface area (Å²) in [5.41, 5.74) is 5.99. The van der Waals surface area contributed by atoms with Crippen molar-refractivity contribution >= 4 is 5.91 Å². The number of hydrogen-bond donors (Lipinski definition) is 2. The topological polar surface area (TPSA) is 64.3 Å². The predicted molar refractivity (Wildman–Crippen MR) is 71.0 cm³/mol. The fourth-order valence-corrected chi connectivity index (χ4v) is 3.06. The first-order valence-corrected chi connectivity index (χ1v) is 7.21. The van der Waals surface area contributed by atoms with E-state index in [0.29, 0.717) is 11.8 Å². The van der Waals surface area contributed by atoms with Crippen molar-refractivity contribution in [2.24, 2.45) is 23.5 Å². The van der Waals surface area contributed by atoms with Crippen LogP contribution in [-0.2, 0) is 9.53 Å². The molecule has 2 aliphatic rings. The molecule has 1 saturated heterocycles. The fourth-order valence-electron chi connectivity index (χ4n) is 3.06. The molecule has 1 aliphatic carbocycles. The van der Waals surface area contributed by atoms with Crippen LogP contribution in [-0.4, -0.2) is 31.2 Å². The lowest BCUT2D eigenvalue weighted by atomic mass is 9.79. The molecule has 5 unspecified atom stereocenters. The first kappa shape index (κ1) is 13.8. The van der Waals surface area contributed by atoms with Crippen LogP contribution >= 0.6 is 0 Å². The molecule has 0 spiro atoms. The number of nitrogens with one attached hydrogen (secondary N) is 1. The maximum Gasteiger partial charge on any atom is 0.223 e. The average molecular weight is 254 g/mol. The summed E-state index contributed by atoms with van der Waals surface area (Å²) in [5.74, 6) is 1.31. The Bertz CT molecular complexity index is 290. The Kier molecular flexibility index (Phi) is 4.62. The molecule has 1 saturated carbocycles. The van der Waals surface area contributed by atoms with Crippen LogP contribution in [0.3, 0.4) is 0 Å². The van der Waals surface area contributed by atoms with Crippen LogP contribution in [0.25, 0.3) is 0 Å². The Balaban J connectivity index is 1.80. The second kappa shape index (κ2) is 6.02. The molecule has 2 fully saturated rings. The van der Waals surface area contributed by atoms with Crippen LogP contribution in [0.2, 0.25) is 0 Å². The zero-order chi connectivity index (χ0) is 13.1. The Hall–Kier alpha value is -0.610. The molecule has 0 radical (unpaired) electrons. The fraction of sp³-hybridized carbons (Fsp3) is 0.929. The minimum Gasteiger partial charge on any atom is -0.381 e. The van der Waals surface area contributed by atoms with E-state index < -0.39 is 0 Å². The van der Waals surface area contributed by atoms with E-state index in [9.17, 15) is 4.79 Å². The number of carbonyl (C=O) groups excluding carboxylic acids is 1. The monoisotopic (exact) mass is 254 g/mol. The van der Waals surface area contributed by atoms with E-state index in [4.69, 9.17) is 10.5 Å². The lowest BCUT2D eigenvalue weighted by molar-refractivity contribution is -0.127. The van der Waals surface area contributed by atoms with Crippen LogP contribution in [0.5, 0.6) is 0 Å². The summed E-state index contributed by atoms with van der Waals surface area (Å²) in [6.45, 7) is 5.86. The molecular formula is C14H26N2O2. The molecule has 0 aromatic heterocycles. The Labute approximate surface area is 110 Å². The maximum absolute atomic E-state index is 12.2. The summed E-state index contributed by atoms with van der Waals surface area (Å²) in [6, 6.07) is 0.501. The van der Waals surface area contributed by atoms with Crippen molar-refractivity contribution < 1.29 is 9.53 Å². The highest BCUT2D eigenvalue weighted by Gasteiger charge is 2.31. The molecule has 0 aromatic rings. The molecule has 5 atom stereocenters. The van der Waals surface area contributed by atoms with Crippen molar-refractivity contribution in [3.63, 3.8) is 0 Å². The van der Waals surface area contributed by atoms with E-state index >= 15 is 0 Å². The number of nitrogens with two attached hydrogens (primary N) is 1. The van der Waals surface area contributed by atoms with Crippen LogP contribution in [0.1, 0.15) is 39.5 Å². The van der Waals surface area contributed by atoms with E-state index in [1.54, 1.807) is 0 Å². The van der Waals surface area contributed by atoms with Gasteiger partial charge in [0.25, 0.3) is 0 Å². The molecule has 4 heteroatoms. The second-order valence-corrected chi connectivity index (χ2v) is 6.07. The third kappa shape index (κ3) is 3.23. The number of amides is 1. The summed E-state index contributed by atoms with van der Waals surface area (Å²) in [6.07, 6.45) is 3.90. The molecule has 3 N–H and O–H groups in total. The van der Waals surface area contributed by atoms with E-state index in [-0.39, 0.29) is 23.9 Å². The smallest absolute Gasteiger partial charge is 0.223 e. The molecule has 4 nitrogen and oxygen atoms in total. The van der Waals surface area contributed by atoms with Gasteiger partial charge in [-0.05, 0) is 38.5 Å². The maximum atomic E-state index is 12.2.